The largest absolute Gasteiger partial charge is 0.523 e. The molecule has 1 aliphatic heterocycles. The van der Waals surface area contributed by atoms with Crippen molar-refractivity contribution in [2.75, 3.05) is 19.8 Å². The molecule has 1 amide bonds. The van der Waals surface area contributed by atoms with Gasteiger partial charge in [0.25, 0.3) is 0 Å². The van der Waals surface area contributed by atoms with Crippen LogP contribution in [0.5, 0.6) is 0 Å². The number of carbonyl (C=O) groups excluding carboxylic acids is 2. The highest BCUT2D eigenvalue weighted by Crippen LogP contribution is 2.38. The van der Waals surface area contributed by atoms with E-state index in [2.05, 4.69) is 4.18 Å². The van der Waals surface area contributed by atoms with Crippen molar-refractivity contribution < 1.29 is 49.3 Å². The second-order valence-corrected chi connectivity index (χ2v) is 16.9. The topological polar surface area (TPSA) is 108 Å². The number of hydrogen-bond acceptors (Lipinski definition) is 8. The number of halogens is 3. The fraction of sp³-hybridized carbons (Fsp3) is 0.667. The van der Waals surface area contributed by atoms with Crippen LogP contribution in [0.25, 0.3) is 0 Å². The Balaban J connectivity index is 2.38. The Morgan fingerprint density at radius 2 is 1.68 bits per heavy atom. The molecule has 0 saturated carbocycles. The van der Waals surface area contributed by atoms with E-state index in [1.807, 2.05) is 33.9 Å². The quantitative estimate of drug-likeness (QED) is 0.176. The van der Waals surface area contributed by atoms with E-state index in [4.69, 9.17) is 13.9 Å². The summed E-state index contributed by atoms with van der Waals surface area (Å²) in [5.74, 6) is -2.49. The summed E-state index contributed by atoms with van der Waals surface area (Å²) in [5.41, 5.74) is -4.99. The predicted molar refractivity (Wildman–Crippen MR) is 135 cm³/mol. The van der Waals surface area contributed by atoms with Crippen LogP contribution in [0, 0.1) is 5.92 Å². The molecule has 3 unspecified atom stereocenters. The molecule has 0 aliphatic carbocycles. The van der Waals surface area contributed by atoms with Gasteiger partial charge in [-0.3, -0.25) is 8.98 Å². The Kier molecular flexibility index (Phi) is 10.4. The van der Waals surface area contributed by atoms with E-state index >= 15 is 0 Å². The van der Waals surface area contributed by atoms with Crippen molar-refractivity contribution >= 4 is 30.5 Å². The molecule has 38 heavy (non-hydrogen) atoms. The summed E-state index contributed by atoms with van der Waals surface area (Å²) in [6.45, 7) is 10.6. The van der Waals surface area contributed by atoms with Crippen LogP contribution in [0.3, 0.4) is 0 Å². The highest BCUT2D eigenvalue weighted by atomic mass is 32.2. The number of amides is 1. The molecule has 1 heterocycles. The zero-order valence-electron chi connectivity index (χ0n) is 22.4. The average Bonchev–Trinajstić information content (AvgIpc) is 2.80. The molecule has 0 bridgehead atoms. The first kappa shape index (κ1) is 32.1. The van der Waals surface area contributed by atoms with Crippen molar-refractivity contribution in [3.63, 3.8) is 0 Å². The lowest BCUT2D eigenvalue weighted by Gasteiger charge is -2.44. The van der Waals surface area contributed by atoms with Gasteiger partial charge in [0.05, 0.1) is 25.4 Å². The van der Waals surface area contributed by atoms with E-state index < -0.39 is 67.0 Å². The fourth-order valence-electron chi connectivity index (χ4n) is 3.54. The maximum Gasteiger partial charge on any atom is 0.523 e. The molecule has 1 aliphatic rings. The number of alkyl halides is 3. The molecule has 14 heteroatoms. The van der Waals surface area contributed by atoms with Crippen LogP contribution in [0.15, 0.2) is 30.3 Å². The average molecular weight is 584 g/mol. The first-order chi connectivity index (χ1) is 17.4. The minimum absolute atomic E-state index is 0.0849. The van der Waals surface area contributed by atoms with Gasteiger partial charge in [-0.15, -0.1) is 0 Å². The Morgan fingerprint density at radius 3 is 2.21 bits per heavy atom. The molecule has 1 saturated heterocycles. The number of benzene rings is 1. The maximum absolute atomic E-state index is 13.1. The SMILES string of the molecule is CCOC(=O)C1CN(C(=O)OCc2ccccc2)C(CO[Si](C)(C)C(C)(C)C)CC1OS(=O)(=O)C(F)(F)F. The summed E-state index contributed by atoms with van der Waals surface area (Å²) in [4.78, 5) is 27.0. The summed E-state index contributed by atoms with van der Waals surface area (Å²) in [6, 6.07) is 7.89. The Bertz CT molecular complexity index is 1060. The number of likely N-dealkylation sites (tertiary alicyclic amines) is 1. The molecule has 3 atom stereocenters. The van der Waals surface area contributed by atoms with Gasteiger partial charge in [-0.2, -0.15) is 21.6 Å². The molecule has 0 spiro atoms. The minimum atomic E-state index is -6.03. The van der Waals surface area contributed by atoms with E-state index in [9.17, 15) is 31.2 Å². The van der Waals surface area contributed by atoms with E-state index in [0.29, 0.717) is 5.56 Å². The number of ether oxygens (including phenoxy) is 2. The van der Waals surface area contributed by atoms with E-state index in [1.165, 1.54) is 11.8 Å². The van der Waals surface area contributed by atoms with Crippen molar-refractivity contribution in [2.24, 2.45) is 5.92 Å². The van der Waals surface area contributed by atoms with E-state index in [1.54, 1.807) is 30.3 Å². The summed E-state index contributed by atoms with van der Waals surface area (Å²) in [6.07, 6.45) is -2.98. The lowest BCUT2D eigenvalue weighted by atomic mass is 9.90. The van der Waals surface area contributed by atoms with Gasteiger partial charge in [0.2, 0.25) is 0 Å². The summed E-state index contributed by atoms with van der Waals surface area (Å²) < 4.78 is 84.2. The van der Waals surface area contributed by atoms with Gasteiger partial charge in [0.1, 0.15) is 12.5 Å². The lowest BCUT2D eigenvalue weighted by molar-refractivity contribution is -0.155. The second kappa shape index (κ2) is 12.3. The van der Waals surface area contributed by atoms with Crippen LogP contribution in [-0.4, -0.2) is 71.1 Å². The Labute approximate surface area is 222 Å². The monoisotopic (exact) mass is 583 g/mol. The van der Waals surface area contributed by atoms with E-state index in [0.717, 1.165) is 0 Å². The molecule has 1 aromatic rings. The third-order valence-electron chi connectivity index (χ3n) is 6.79. The van der Waals surface area contributed by atoms with Crippen molar-refractivity contribution in [1.82, 2.24) is 4.90 Å². The first-order valence-electron chi connectivity index (χ1n) is 12.2. The summed E-state index contributed by atoms with van der Waals surface area (Å²) >= 11 is 0. The smallest absolute Gasteiger partial charge is 0.466 e. The van der Waals surface area contributed by atoms with Crippen LogP contribution in [0.4, 0.5) is 18.0 Å². The zero-order valence-corrected chi connectivity index (χ0v) is 24.2. The van der Waals surface area contributed by atoms with Gasteiger partial charge in [-0.25, -0.2) is 4.79 Å². The van der Waals surface area contributed by atoms with Crippen LogP contribution in [0.2, 0.25) is 18.1 Å². The lowest BCUT2D eigenvalue weighted by Crippen LogP contribution is -2.58. The normalized spacial score (nSPS) is 21.2. The van der Waals surface area contributed by atoms with Gasteiger partial charge < -0.3 is 18.8 Å². The number of piperidine rings is 1. The molecule has 0 radical (unpaired) electrons. The number of rotatable bonds is 9. The van der Waals surface area contributed by atoms with Crippen molar-refractivity contribution in [2.45, 2.75) is 76.5 Å². The second-order valence-electron chi connectivity index (χ2n) is 10.5. The molecular weight excluding hydrogens is 547 g/mol. The van der Waals surface area contributed by atoms with Gasteiger partial charge in [0, 0.05) is 6.54 Å². The maximum atomic E-state index is 13.1. The van der Waals surface area contributed by atoms with Crippen molar-refractivity contribution in [3.05, 3.63) is 35.9 Å². The highest BCUT2D eigenvalue weighted by molar-refractivity contribution is 7.87. The number of carbonyl (C=O) groups is 2. The van der Waals surface area contributed by atoms with Gasteiger partial charge >= 0.3 is 27.7 Å². The summed E-state index contributed by atoms with van der Waals surface area (Å²) in [7, 11) is -8.41. The Hall–Kier alpha value is -2.16. The third kappa shape index (κ3) is 8.17. The van der Waals surface area contributed by atoms with Crippen LogP contribution in [-0.2, 0) is 39.6 Å². The number of nitrogens with zero attached hydrogens (tertiary/aromatic N) is 1. The van der Waals surface area contributed by atoms with Crippen LogP contribution in [0.1, 0.15) is 39.7 Å². The summed E-state index contributed by atoms with van der Waals surface area (Å²) in [5, 5.41) is -0.219. The molecule has 9 nitrogen and oxygen atoms in total. The van der Waals surface area contributed by atoms with Gasteiger partial charge in [0.15, 0.2) is 8.32 Å². The standard InChI is InChI=1S/C24H36F3NO8SSi/c1-7-33-21(29)19-14-28(22(30)34-15-17-11-9-8-10-12-17)18(16-35-38(5,6)23(2,3)4)13-20(19)36-37(31,32)24(25,26)27/h8-12,18-20H,7,13-16H2,1-6H3. The predicted octanol–water partition coefficient (Wildman–Crippen LogP) is 4.83. The number of hydrogen-bond donors (Lipinski definition) is 0. The van der Waals surface area contributed by atoms with E-state index in [-0.39, 0.29) is 24.9 Å². The highest BCUT2D eigenvalue weighted by Gasteiger charge is 2.53. The van der Waals surface area contributed by atoms with Crippen LogP contribution >= 0.6 is 0 Å². The molecule has 0 N–H and O–H groups in total. The molecule has 216 valence electrons. The van der Waals surface area contributed by atoms with Crippen molar-refractivity contribution in [1.29, 1.82) is 0 Å². The third-order valence-corrected chi connectivity index (χ3v) is 12.4. The van der Waals surface area contributed by atoms with Gasteiger partial charge in [-0.05, 0) is 37.0 Å². The molecule has 0 aromatic heterocycles. The first-order valence-corrected chi connectivity index (χ1v) is 16.5. The molecular formula is C24H36F3NO8SSi. The Morgan fingerprint density at radius 1 is 1.08 bits per heavy atom. The van der Waals surface area contributed by atoms with Crippen LogP contribution < -0.4 is 0 Å². The minimum Gasteiger partial charge on any atom is -0.466 e. The van der Waals surface area contributed by atoms with Crippen molar-refractivity contribution in [3.8, 4) is 0 Å². The zero-order chi connectivity index (χ0) is 28.9. The molecule has 2 rings (SSSR count). The number of esters is 1. The fourth-order valence-corrected chi connectivity index (χ4v) is 5.23. The van der Waals surface area contributed by atoms with Gasteiger partial charge in [-0.1, -0.05) is 51.1 Å². The molecule has 1 aromatic carbocycles. The molecule has 1 fully saturated rings.